The van der Waals surface area contributed by atoms with Crippen molar-refractivity contribution < 1.29 is 24.2 Å². The fourth-order valence-electron chi connectivity index (χ4n) is 5.80. The van der Waals surface area contributed by atoms with E-state index >= 15 is 0 Å². The first-order valence-electron chi connectivity index (χ1n) is 16.7. The first kappa shape index (κ1) is 36.0. The maximum absolute atomic E-state index is 3.67. The SMILES string of the molecule is CC(C)(C)c1[c-]c2c(cc1)-c1ccc(C(C)(C)C)cc1C2.CC1=[C-]C(C)C(C)=C1C.Cc1ccc([C](=[Zr+2])c2ccc(C)cc2)cc1. The van der Waals surface area contributed by atoms with Crippen molar-refractivity contribution in [2.45, 2.75) is 100 Å². The summed E-state index contributed by atoms with van der Waals surface area (Å²) < 4.78 is 1.42. The predicted octanol–water partition coefficient (Wildman–Crippen LogP) is 11.8. The van der Waals surface area contributed by atoms with Crippen molar-refractivity contribution in [1.82, 2.24) is 0 Å². The van der Waals surface area contributed by atoms with Gasteiger partial charge in [0.1, 0.15) is 0 Å². The van der Waals surface area contributed by atoms with E-state index in [0.29, 0.717) is 5.92 Å². The third-order valence-electron chi connectivity index (χ3n) is 9.38. The van der Waals surface area contributed by atoms with E-state index in [1.54, 1.807) is 0 Å². The van der Waals surface area contributed by atoms with Gasteiger partial charge < -0.3 is 0 Å². The molecule has 0 aromatic heterocycles. The van der Waals surface area contributed by atoms with E-state index in [4.69, 9.17) is 0 Å². The fourth-order valence-corrected chi connectivity index (χ4v) is 6.62. The Morgan fingerprint density at radius 3 is 1.61 bits per heavy atom. The molecule has 4 aromatic carbocycles. The molecule has 6 rings (SSSR count). The van der Waals surface area contributed by atoms with Crippen molar-refractivity contribution in [3.05, 3.63) is 152 Å². The third kappa shape index (κ3) is 8.72. The van der Waals surface area contributed by atoms with Crippen molar-refractivity contribution in [3.63, 3.8) is 0 Å². The first-order valence-corrected chi connectivity index (χ1v) is 17.9. The molecule has 0 aliphatic heterocycles. The molecule has 4 aromatic rings. The maximum atomic E-state index is 3.67. The van der Waals surface area contributed by atoms with E-state index < -0.39 is 0 Å². The van der Waals surface area contributed by atoms with Crippen LogP contribution in [0, 0.1) is 31.9 Å². The molecule has 0 fully saturated rings. The second kappa shape index (κ2) is 14.5. The van der Waals surface area contributed by atoms with Crippen molar-refractivity contribution in [2.24, 2.45) is 5.92 Å². The van der Waals surface area contributed by atoms with Crippen molar-refractivity contribution in [3.8, 4) is 11.1 Å². The van der Waals surface area contributed by atoms with Gasteiger partial charge in [0, 0.05) is 0 Å². The quantitative estimate of drug-likeness (QED) is 0.162. The Hall–Kier alpha value is -2.89. The van der Waals surface area contributed by atoms with Crippen LogP contribution in [0.5, 0.6) is 0 Å². The second-order valence-electron chi connectivity index (χ2n) is 15.2. The molecular weight excluding hydrogens is 632 g/mol. The molecule has 46 heavy (non-hydrogen) atoms. The summed E-state index contributed by atoms with van der Waals surface area (Å²) in [6.07, 6.45) is 4.39. The van der Waals surface area contributed by atoms with Crippen LogP contribution in [-0.4, -0.2) is 3.21 Å². The average Bonchev–Trinajstić information content (AvgIpc) is 3.48. The zero-order valence-electron chi connectivity index (χ0n) is 30.3. The van der Waals surface area contributed by atoms with Crippen LogP contribution in [0.15, 0.2) is 95.6 Å². The molecule has 0 radical (unpaired) electrons. The van der Waals surface area contributed by atoms with Gasteiger partial charge >= 0.3 is 112 Å². The topological polar surface area (TPSA) is 0 Å². The minimum atomic E-state index is 0.167. The van der Waals surface area contributed by atoms with Gasteiger partial charge in [-0.3, -0.25) is 6.08 Å². The monoisotopic (exact) mass is 682 g/mol. The van der Waals surface area contributed by atoms with Crippen LogP contribution in [0.3, 0.4) is 0 Å². The zero-order valence-corrected chi connectivity index (χ0v) is 32.7. The molecule has 2 aliphatic rings. The number of allylic oxidation sites excluding steroid dienone is 4. The molecule has 0 heterocycles. The number of benzene rings is 4. The van der Waals surface area contributed by atoms with Gasteiger partial charge in [-0.2, -0.15) is 34.9 Å². The first-order chi connectivity index (χ1) is 21.5. The molecule has 0 spiro atoms. The molecule has 0 N–H and O–H groups in total. The van der Waals surface area contributed by atoms with Gasteiger partial charge in [0.25, 0.3) is 0 Å². The van der Waals surface area contributed by atoms with Crippen LogP contribution in [0.25, 0.3) is 11.1 Å². The number of aryl methyl sites for hydroxylation is 2. The van der Waals surface area contributed by atoms with Crippen molar-refractivity contribution in [1.29, 1.82) is 0 Å². The normalized spacial score (nSPS) is 15.3. The summed E-state index contributed by atoms with van der Waals surface area (Å²) in [7, 11) is 0. The van der Waals surface area contributed by atoms with Gasteiger partial charge in [0.15, 0.2) is 0 Å². The standard InChI is InChI=1S/C21H25.C15H14.C9H13.Zr/c1-20(2,3)16-7-9-18-14(12-16)11-15-13-17(21(4,5)6)8-10-19(15)18;1-12-3-7-14(8-4-12)11-15-9-5-13(2)6-10-15;1-6-5-7(2)9(4)8(6)3;/h7-10,12H,11H2,1-6H3;3-10H,1-2H3;6H,1-4H3;/q-1;;-1;+2. The molecule has 0 bridgehead atoms. The van der Waals surface area contributed by atoms with E-state index in [2.05, 4.69) is 174 Å². The molecule has 0 saturated carbocycles. The van der Waals surface area contributed by atoms with Crippen LogP contribution >= 0.6 is 0 Å². The number of fused-ring (bicyclic) bond motifs is 3. The molecule has 1 unspecified atom stereocenters. The Labute approximate surface area is 295 Å². The molecular formula is C45H52Zr. The molecule has 236 valence electrons. The summed E-state index contributed by atoms with van der Waals surface area (Å²) in [5.41, 5.74) is 18.3. The molecule has 1 heteroatoms. The van der Waals surface area contributed by atoms with E-state index in [1.165, 1.54) is 99.8 Å². The van der Waals surface area contributed by atoms with Crippen LogP contribution < -0.4 is 0 Å². The Morgan fingerprint density at radius 2 is 1.20 bits per heavy atom. The average molecular weight is 684 g/mol. The third-order valence-corrected chi connectivity index (χ3v) is 10.8. The van der Waals surface area contributed by atoms with E-state index in [9.17, 15) is 0 Å². The Balaban J connectivity index is 0.000000170. The molecule has 0 saturated heterocycles. The van der Waals surface area contributed by atoms with Crippen LogP contribution in [0.2, 0.25) is 0 Å². The van der Waals surface area contributed by atoms with Crippen LogP contribution in [-0.2, 0) is 41.5 Å². The molecule has 0 nitrogen and oxygen atoms in total. The van der Waals surface area contributed by atoms with E-state index in [1.807, 2.05) is 0 Å². The van der Waals surface area contributed by atoms with Gasteiger partial charge in [0.05, 0.1) is 0 Å². The predicted molar refractivity (Wildman–Crippen MR) is 196 cm³/mol. The molecule has 0 amide bonds. The Kier molecular flexibility index (Phi) is 11.3. The number of rotatable bonds is 2. The van der Waals surface area contributed by atoms with E-state index in [-0.39, 0.29) is 10.8 Å². The summed E-state index contributed by atoms with van der Waals surface area (Å²) >= 11 is 1.46. The summed E-state index contributed by atoms with van der Waals surface area (Å²) in [6.45, 7) is 26.5. The van der Waals surface area contributed by atoms with Gasteiger partial charge in [0.2, 0.25) is 0 Å². The van der Waals surface area contributed by atoms with Gasteiger partial charge in [-0.1, -0.05) is 92.0 Å². The van der Waals surface area contributed by atoms with Gasteiger partial charge in [-0.05, 0) is 28.4 Å². The summed E-state index contributed by atoms with van der Waals surface area (Å²) in [5.74, 6) is 0.560. The second-order valence-corrected chi connectivity index (χ2v) is 16.4. The number of hydrogen-bond acceptors (Lipinski definition) is 0. The van der Waals surface area contributed by atoms with Gasteiger partial charge in [-0.15, -0.1) is 18.1 Å². The van der Waals surface area contributed by atoms with Crippen LogP contribution in [0.4, 0.5) is 0 Å². The molecule has 1 atom stereocenters. The van der Waals surface area contributed by atoms with Crippen molar-refractivity contribution >= 4 is 3.21 Å². The fraction of sp³-hybridized carbons (Fsp3) is 0.356. The van der Waals surface area contributed by atoms with Crippen LogP contribution in [0.1, 0.15) is 114 Å². The summed E-state index contributed by atoms with van der Waals surface area (Å²) in [6, 6.07) is 32.7. The Bertz CT molecular complexity index is 1650. The summed E-state index contributed by atoms with van der Waals surface area (Å²) in [5, 5.41) is 0. The van der Waals surface area contributed by atoms with Gasteiger partial charge in [-0.25, -0.2) is 5.57 Å². The van der Waals surface area contributed by atoms with E-state index in [0.717, 1.165) is 6.42 Å². The van der Waals surface area contributed by atoms with Crippen molar-refractivity contribution in [2.75, 3.05) is 0 Å². The summed E-state index contributed by atoms with van der Waals surface area (Å²) in [4.78, 5) is 0. The zero-order chi connectivity index (χ0) is 34.0. The minimum absolute atomic E-state index is 0.167. The number of hydrogen-bond donors (Lipinski definition) is 0. The molecule has 2 aliphatic carbocycles. The Morgan fingerprint density at radius 1 is 0.674 bits per heavy atom.